The van der Waals surface area contributed by atoms with E-state index in [0.29, 0.717) is 11.3 Å². The number of aryl methyl sites for hydroxylation is 1. The first-order valence-electron chi connectivity index (χ1n) is 10.2. The van der Waals surface area contributed by atoms with Crippen molar-refractivity contribution in [1.82, 2.24) is 4.31 Å². The Hall–Kier alpha value is -2.81. The monoisotopic (exact) mass is 438 g/mol. The maximum atomic E-state index is 13.3. The number of para-hydroxylation sites is 1. The summed E-state index contributed by atoms with van der Waals surface area (Å²) in [6, 6.07) is 15.2. The molecule has 0 bridgehead atoms. The third-order valence-corrected chi connectivity index (χ3v) is 8.32. The maximum Gasteiger partial charge on any atom is 0.243 e. The fourth-order valence-electron chi connectivity index (χ4n) is 4.93. The summed E-state index contributed by atoms with van der Waals surface area (Å²) in [6.07, 6.45) is 0.444. The second-order valence-corrected chi connectivity index (χ2v) is 10.3. The van der Waals surface area contributed by atoms with Gasteiger partial charge in [-0.2, -0.15) is 4.31 Å². The van der Waals surface area contributed by atoms with E-state index in [1.807, 2.05) is 6.92 Å². The highest BCUT2D eigenvalue weighted by Gasteiger charge is 2.58. The third-order valence-electron chi connectivity index (χ3n) is 6.49. The molecule has 1 unspecified atom stereocenters. The van der Waals surface area contributed by atoms with Gasteiger partial charge in [-0.25, -0.2) is 13.3 Å². The number of amides is 2. The lowest BCUT2D eigenvalue weighted by molar-refractivity contribution is -0.124. The van der Waals surface area contributed by atoms with Crippen LogP contribution in [-0.4, -0.2) is 48.8 Å². The standard InChI is InChI=1S/C23H22N2O5S/c1-14-7-9-17(10-8-14)31(29,30)24-12-15-11-19(26)21-20(18(15)13-24)22(27)25(23(21)28)16-5-3-2-4-6-16/h2-11,18-21,26H,12-13H2,1H3/t18?,19-,20+,21-/m1/s1. The van der Waals surface area contributed by atoms with E-state index < -0.39 is 39.8 Å². The number of carbonyl (C=O) groups excluding carboxylic acids is 2. The van der Waals surface area contributed by atoms with Crippen molar-refractivity contribution >= 4 is 27.5 Å². The SMILES string of the molecule is Cc1ccc(S(=O)(=O)N2CC3=C[C@@H](O)[C@H]4C(=O)N(c5ccccc5)C(=O)[C@H]4C3C2)cc1. The van der Waals surface area contributed by atoms with Gasteiger partial charge in [-0.1, -0.05) is 47.5 Å². The Kier molecular flexibility index (Phi) is 4.62. The van der Waals surface area contributed by atoms with Crippen LogP contribution in [0.15, 0.2) is 71.1 Å². The van der Waals surface area contributed by atoms with Crippen molar-refractivity contribution in [2.24, 2.45) is 17.8 Å². The molecule has 2 aromatic carbocycles. The quantitative estimate of drug-likeness (QED) is 0.582. The molecule has 0 saturated carbocycles. The van der Waals surface area contributed by atoms with Gasteiger partial charge in [0.2, 0.25) is 21.8 Å². The van der Waals surface area contributed by atoms with E-state index in [1.54, 1.807) is 60.7 Å². The summed E-state index contributed by atoms with van der Waals surface area (Å²) in [7, 11) is -3.76. The number of hydrogen-bond donors (Lipinski definition) is 1. The number of fused-ring (bicyclic) bond motifs is 3. The van der Waals surface area contributed by atoms with E-state index in [-0.39, 0.29) is 23.9 Å². The van der Waals surface area contributed by atoms with E-state index in [4.69, 9.17) is 0 Å². The molecule has 5 rings (SSSR count). The minimum absolute atomic E-state index is 0.105. The van der Waals surface area contributed by atoms with Crippen molar-refractivity contribution in [3.8, 4) is 0 Å². The summed E-state index contributed by atoms with van der Waals surface area (Å²) in [4.78, 5) is 27.7. The number of aliphatic hydroxyl groups excluding tert-OH is 1. The zero-order chi connectivity index (χ0) is 21.9. The smallest absolute Gasteiger partial charge is 0.243 e. The second-order valence-electron chi connectivity index (χ2n) is 8.35. The summed E-state index contributed by atoms with van der Waals surface area (Å²) in [5.74, 6) is -2.93. The second kappa shape index (κ2) is 7.12. The normalized spacial score (nSPS) is 28.5. The van der Waals surface area contributed by atoms with Gasteiger partial charge in [-0.05, 0) is 31.2 Å². The molecule has 2 heterocycles. The predicted molar refractivity (Wildman–Crippen MR) is 113 cm³/mol. The summed E-state index contributed by atoms with van der Waals surface area (Å²) >= 11 is 0. The van der Waals surface area contributed by atoms with E-state index >= 15 is 0 Å². The fourth-order valence-corrected chi connectivity index (χ4v) is 6.39. The Morgan fingerprint density at radius 2 is 1.58 bits per heavy atom. The van der Waals surface area contributed by atoms with Gasteiger partial charge in [0.05, 0.1) is 28.5 Å². The number of aliphatic hydroxyl groups is 1. The molecule has 160 valence electrons. The summed E-state index contributed by atoms with van der Waals surface area (Å²) in [5.41, 5.74) is 2.11. The number of hydrogen-bond acceptors (Lipinski definition) is 5. The van der Waals surface area contributed by atoms with Gasteiger partial charge in [0.1, 0.15) is 0 Å². The molecule has 2 aromatic rings. The maximum absolute atomic E-state index is 13.3. The lowest BCUT2D eigenvalue weighted by atomic mass is 9.73. The first-order valence-corrected chi connectivity index (χ1v) is 11.6. The van der Waals surface area contributed by atoms with Gasteiger partial charge >= 0.3 is 0 Å². The van der Waals surface area contributed by atoms with Crippen LogP contribution in [0.25, 0.3) is 0 Å². The van der Waals surface area contributed by atoms with E-state index in [1.165, 1.54) is 4.31 Å². The zero-order valence-electron chi connectivity index (χ0n) is 16.9. The molecule has 4 atom stereocenters. The van der Waals surface area contributed by atoms with Crippen LogP contribution in [0.5, 0.6) is 0 Å². The van der Waals surface area contributed by atoms with Crippen molar-refractivity contribution in [1.29, 1.82) is 0 Å². The highest BCUT2D eigenvalue weighted by molar-refractivity contribution is 7.89. The number of carbonyl (C=O) groups is 2. The highest BCUT2D eigenvalue weighted by atomic mass is 32.2. The van der Waals surface area contributed by atoms with Crippen molar-refractivity contribution in [2.45, 2.75) is 17.9 Å². The predicted octanol–water partition coefficient (Wildman–Crippen LogP) is 1.72. The van der Waals surface area contributed by atoms with Crippen molar-refractivity contribution in [3.05, 3.63) is 71.8 Å². The van der Waals surface area contributed by atoms with Gasteiger partial charge in [-0.3, -0.25) is 9.59 Å². The summed E-state index contributed by atoms with van der Waals surface area (Å²) in [6.45, 7) is 2.10. The van der Waals surface area contributed by atoms with Crippen LogP contribution in [0.3, 0.4) is 0 Å². The van der Waals surface area contributed by atoms with Crippen LogP contribution in [0, 0.1) is 24.7 Å². The van der Waals surface area contributed by atoms with Gasteiger partial charge < -0.3 is 5.11 Å². The molecule has 2 amide bonds. The molecule has 0 aromatic heterocycles. The number of sulfonamides is 1. The van der Waals surface area contributed by atoms with Crippen LogP contribution in [-0.2, 0) is 19.6 Å². The Bertz CT molecular complexity index is 1190. The molecular formula is C23H22N2O5S. The number of imide groups is 1. The molecule has 1 aliphatic carbocycles. The minimum Gasteiger partial charge on any atom is -0.388 e. The Balaban J connectivity index is 1.48. The number of benzene rings is 2. The van der Waals surface area contributed by atoms with Crippen molar-refractivity contribution < 1.29 is 23.1 Å². The number of anilines is 1. The van der Waals surface area contributed by atoms with Gasteiger partial charge in [0, 0.05) is 19.0 Å². The molecule has 8 heteroatoms. The topological polar surface area (TPSA) is 95.0 Å². The summed E-state index contributed by atoms with van der Waals surface area (Å²) in [5, 5.41) is 10.7. The average molecular weight is 439 g/mol. The zero-order valence-corrected chi connectivity index (χ0v) is 17.7. The van der Waals surface area contributed by atoms with Crippen molar-refractivity contribution in [2.75, 3.05) is 18.0 Å². The molecule has 2 saturated heterocycles. The summed E-state index contributed by atoms with van der Waals surface area (Å²) < 4.78 is 27.7. The molecule has 7 nitrogen and oxygen atoms in total. The molecule has 0 radical (unpaired) electrons. The van der Waals surface area contributed by atoms with E-state index in [0.717, 1.165) is 10.5 Å². The number of rotatable bonds is 3. The van der Waals surface area contributed by atoms with Gasteiger partial charge in [-0.15, -0.1) is 0 Å². The van der Waals surface area contributed by atoms with Crippen LogP contribution in [0.2, 0.25) is 0 Å². The van der Waals surface area contributed by atoms with Crippen LogP contribution in [0.4, 0.5) is 5.69 Å². The molecule has 1 N–H and O–H groups in total. The Morgan fingerprint density at radius 3 is 2.26 bits per heavy atom. The highest BCUT2D eigenvalue weighted by Crippen LogP contribution is 2.46. The van der Waals surface area contributed by atoms with Gasteiger partial charge in [0.15, 0.2) is 0 Å². The fraction of sp³-hybridized carbons (Fsp3) is 0.304. The van der Waals surface area contributed by atoms with Crippen molar-refractivity contribution in [3.63, 3.8) is 0 Å². The average Bonchev–Trinajstić information content (AvgIpc) is 3.28. The first-order chi connectivity index (χ1) is 14.8. The molecule has 2 aliphatic heterocycles. The van der Waals surface area contributed by atoms with Crippen LogP contribution in [0.1, 0.15) is 5.56 Å². The lowest BCUT2D eigenvalue weighted by Crippen LogP contribution is -2.39. The Labute approximate surface area is 180 Å². The Morgan fingerprint density at radius 1 is 0.935 bits per heavy atom. The van der Waals surface area contributed by atoms with E-state index in [2.05, 4.69) is 0 Å². The molecule has 31 heavy (non-hydrogen) atoms. The molecule has 0 spiro atoms. The minimum atomic E-state index is -3.76. The number of nitrogens with zero attached hydrogens (tertiary/aromatic N) is 2. The molecule has 2 fully saturated rings. The largest absolute Gasteiger partial charge is 0.388 e. The van der Waals surface area contributed by atoms with Crippen LogP contribution < -0.4 is 4.90 Å². The first kappa shape index (κ1) is 20.1. The van der Waals surface area contributed by atoms with Crippen LogP contribution >= 0.6 is 0 Å². The van der Waals surface area contributed by atoms with Gasteiger partial charge in [0.25, 0.3) is 0 Å². The third kappa shape index (κ3) is 3.05. The molecule has 3 aliphatic rings. The molecular weight excluding hydrogens is 416 g/mol. The van der Waals surface area contributed by atoms with E-state index in [9.17, 15) is 23.1 Å². The lowest BCUT2D eigenvalue weighted by Gasteiger charge is -2.29.